The molecular formula is C46H93O9P. The lowest BCUT2D eigenvalue weighted by atomic mass is 10.0. The van der Waals surface area contributed by atoms with E-state index in [4.69, 9.17) is 23.6 Å². The molecule has 0 aliphatic carbocycles. The molecule has 0 spiro atoms. The summed E-state index contributed by atoms with van der Waals surface area (Å²) in [5.41, 5.74) is 0. The average molecular weight is 821 g/mol. The van der Waals surface area contributed by atoms with Gasteiger partial charge in [0, 0.05) is 13.0 Å². The smallest absolute Gasteiger partial charge is 0.457 e. The van der Waals surface area contributed by atoms with Crippen LogP contribution in [0.1, 0.15) is 245 Å². The summed E-state index contributed by atoms with van der Waals surface area (Å²) in [7, 11) is -4.51. The Labute approximate surface area is 346 Å². The summed E-state index contributed by atoms with van der Waals surface area (Å²) >= 11 is 0. The largest absolute Gasteiger partial charge is 0.472 e. The highest BCUT2D eigenvalue weighted by molar-refractivity contribution is 7.47. The molecule has 0 heterocycles. The van der Waals surface area contributed by atoms with Crippen LogP contribution in [0.3, 0.4) is 0 Å². The number of carbonyl (C=O) groups excluding carboxylic acids is 1. The Morgan fingerprint density at radius 2 is 0.804 bits per heavy atom. The zero-order valence-corrected chi connectivity index (χ0v) is 37.8. The molecule has 3 atom stereocenters. The topological polar surface area (TPSA) is 132 Å². The summed E-state index contributed by atoms with van der Waals surface area (Å²) in [5, 5.41) is 18.4. The summed E-state index contributed by atoms with van der Waals surface area (Å²) in [6, 6.07) is 0. The van der Waals surface area contributed by atoms with Gasteiger partial charge in [-0.3, -0.25) is 13.8 Å². The Hall–Kier alpha value is -0.540. The van der Waals surface area contributed by atoms with Gasteiger partial charge in [-0.15, -0.1) is 0 Å². The highest BCUT2D eigenvalue weighted by Gasteiger charge is 2.26. The third kappa shape index (κ3) is 43.0. The van der Waals surface area contributed by atoms with Gasteiger partial charge in [0.1, 0.15) is 12.2 Å². The van der Waals surface area contributed by atoms with Crippen LogP contribution in [0.2, 0.25) is 0 Å². The minimum Gasteiger partial charge on any atom is -0.457 e. The van der Waals surface area contributed by atoms with Crippen LogP contribution in [-0.2, 0) is 27.9 Å². The second kappa shape index (κ2) is 44.0. The van der Waals surface area contributed by atoms with E-state index < -0.39 is 33.2 Å². The number of ether oxygens (including phenoxy) is 2. The Morgan fingerprint density at radius 3 is 1.16 bits per heavy atom. The highest BCUT2D eigenvalue weighted by Crippen LogP contribution is 2.43. The lowest BCUT2D eigenvalue weighted by molar-refractivity contribution is -0.154. The number of phosphoric ester groups is 1. The molecule has 0 aromatic heterocycles. The van der Waals surface area contributed by atoms with Crippen molar-refractivity contribution in [3.8, 4) is 0 Å². The number of unbranched alkanes of at least 4 members (excludes halogenated alkanes) is 33. The van der Waals surface area contributed by atoms with E-state index >= 15 is 0 Å². The molecule has 3 unspecified atom stereocenters. The summed E-state index contributed by atoms with van der Waals surface area (Å²) < 4.78 is 33.5. The second-order valence-electron chi connectivity index (χ2n) is 16.5. The van der Waals surface area contributed by atoms with Crippen LogP contribution < -0.4 is 0 Å². The Kier molecular flexibility index (Phi) is 43.6. The quantitative estimate of drug-likeness (QED) is 0.0312. The molecule has 0 aliphatic rings. The number of rotatable bonds is 47. The molecule has 10 heteroatoms. The molecule has 9 nitrogen and oxygen atoms in total. The lowest BCUT2D eigenvalue weighted by Gasteiger charge is -2.20. The molecule has 336 valence electrons. The average Bonchev–Trinajstić information content (AvgIpc) is 3.19. The van der Waals surface area contributed by atoms with Crippen molar-refractivity contribution < 1.29 is 43.0 Å². The van der Waals surface area contributed by atoms with Crippen molar-refractivity contribution in [2.24, 2.45) is 0 Å². The van der Waals surface area contributed by atoms with E-state index in [-0.39, 0.29) is 25.6 Å². The molecule has 0 aromatic rings. The van der Waals surface area contributed by atoms with Crippen molar-refractivity contribution in [3.05, 3.63) is 0 Å². The van der Waals surface area contributed by atoms with Gasteiger partial charge >= 0.3 is 13.8 Å². The maximum atomic E-state index is 12.6. The fraction of sp³-hybridized carbons (Fsp3) is 0.978. The molecule has 0 bridgehead atoms. The van der Waals surface area contributed by atoms with E-state index in [1.54, 1.807) is 0 Å². The molecule has 0 saturated carbocycles. The van der Waals surface area contributed by atoms with Gasteiger partial charge in [-0.05, 0) is 12.8 Å². The molecular weight excluding hydrogens is 727 g/mol. The van der Waals surface area contributed by atoms with Crippen LogP contribution in [0, 0.1) is 0 Å². The van der Waals surface area contributed by atoms with E-state index in [1.165, 1.54) is 193 Å². The fourth-order valence-electron chi connectivity index (χ4n) is 7.12. The molecule has 0 fully saturated rings. The Balaban J connectivity index is 4.05. The molecule has 0 saturated heterocycles. The van der Waals surface area contributed by atoms with Crippen LogP contribution >= 0.6 is 7.82 Å². The highest BCUT2D eigenvalue weighted by atomic mass is 31.2. The van der Waals surface area contributed by atoms with Crippen LogP contribution in [0.15, 0.2) is 0 Å². The maximum Gasteiger partial charge on any atom is 0.472 e. The third-order valence-electron chi connectivity index (χ3n) is 10.8. The molecule has 56 heavy (non-hydrogen) atoms. The van der Waals surface area contributed by atoms with Gasteiger partial charge in [-0.25, -0.2) is 4.57 Å². The van der Waals surface area contributed by atoms with Gasteiger partial charge in [-0.2, -0.15) is 0 Å². The molecule has 3 N–H and O–H groups in total. The van der Waals surface area contributed by atoms with Gasteiger partial charge in [-0.1, -0.05) is 226 Å². The first-order valence-electron chi connectivity index (χ1n) is 24.0. The van der Waals surface area contributed by atoms with Crippen LogP contribution in [-0.4, -0.2) is 66.3 Å². The molecule has 0 aromatic carbocycles. The lowest BCUT2D eigenvalue weighted by Crippen LogP contribution is -2.29. The number of aliphatic hydroxyl groups is 2. The van der Waals surface area contributed by atoms with Gasteiger partial charge in [0.05, 0.1) is 26.4 Å². The summed E-state index contributed by atoms with van der Waals surface area (Å²) in [4.78, 5) is 22.6. The van der Waals surface area contributed by atoms with Crippen molar-refractivity contribution >= 4 is 13.8 Å². The number of phosphoric acid groups is 1. The third-order valence-corrected chi connectivity index (χ3v) is 11.7. The minimum atomic E-state index is -4.51. The van der Waals surface area contributed by atoms with Crippen molar-refractivity contribution in [1.82, 2.24) is 0 Å². The van der Waals surface area contributed by atoms with Crippen LogP contribution in [0.25, 0.3) is 0 Å². The first-order valence-corrected chi connectivity index (χ1v) is 25.5. The first kappa shape index (κ1) is 55.5. The predicted octanol–water partition coefficient (Wildman–Crippen LogP) is 13.5. The number of aliphatic hydroxyl groups excluding tert-OH is 2. The molecule has 0 aliphatic heterocycles. The van der Waals surface area contributed by atoms with E-state index in [2.05, 4.69) is 13.8 Å². The number of esters is 1. The van der Waals surface area contributed by atoms with Crippen molar-refractivity contribution in [3.63, 3.8) is 0 Å². The van der Waals surface area contributed by atoms with Gasteiger partial charge < -0.3 is 24.6 Å². The van der Waals surface area contributed by atoms with E-state index in [0.29, 0.717) is 6.61 Å². The van der Waals surface area contributed by atoms with Crippen molar-refractivity contribution in [1.29, 1.82) is 0 Å². The SMILES string of the molecule is CCCCCCCCCCCCCCCCCCCCCC(=O)OC(COCCCCCCCCCCCCCCCCCC)COP(=O)(O)OCC(O)CO. The molecule has 0 radical (unpaired) electrons. The number of hydrogen-bond acceptors (Lipinski definition) is 8. The zero-order chi connectivity index (χ0) is 41.1. The minimum absolute atomic E-state index is 0.0585. The summed E-state index contributed by atoms with van der Waals surface area (Å²) in [6.45, 7) is 3.59. The number of carbonyl (C=O) groups is 1. The zero-order valence-electron chi connectivity index (χ0n) is 36.9. The predicted molar refractivity (Wildman–Crippen MR) is 233 cm³/mol. The van der Waals surface area contributed by atoms with Gasteiger partial charge in [0.15, 0.2) is 0 Å². The van der Waals surface area contributed by atoms with Gasteiger partial charge in [0.2, 0.25) is 0 Å². The molecule has 0 rings (SSSR count). The molecule has 0 amide bonds. The number of hydrogen-bond donors (Lipinski definition) is 3. The monoisotopic (exact) mass is 821 g/mol. The normalized spacial score (nSPS) is 13.9. The second-order valence-corrected chi connectivity index (χ2v) is 18.0. The van der Waals surface area contributed by atoms with Crippen molar-refractivity contribution in [2.75, 3.05) is 33.0 Å². The van der Waals surface area contributed by atoms with E-state index in [9.17, 15) is 19.4 Å². The first-order chi connectivity index (χ1) is 27.3. The maximum absolute atomic E-state index is 12.6. The van der Waals surface area contributed by atoms with Gasteiger partial charge in [0.25, 0.3) is 0 Å². The van der Waals surface area contributed by atoms with E-state index in [1.807, 2.05) is 0 Å². The Bertz CT molecular complexity index is 845. The van der Waals surface area contributed by atoms with Crippen LogP contribution in [0.4, 0.5) is 0 Å². The van der Waals surface area contributed by atoms with E-state index in [0.717, 1.165) is 32.1 Å². The van der Waals surface area contributed by atoms with Crippen molar-refractivity contribution in [2.45, 2.75) is 257 Å². The Morgan fingerprint density at radius 1 is 0.482 bits per heavy atom. The fourth-order valence-corrected chi connectivity index (χ4v) is 7.91. The standard InChI is InChI=1S/C46H93O9P/c1-3-5-7-9-11-13-15-17-19-21-22-23-24-26-28-30-32-34-36-38-46(49)55-45(43-54-56(50,51)53-41-44(48)40-47)42-52-39-37-35-33-31-29-27-25-20-18-16-14-12-10-8-6-4-2/h44-45,47-48H,3-43H2,1-2H3,(H,50,51). The van der Waals surface area contributed by atoms with Crippen LogP contribution in [0.5, 0.6) is 0 Å². The summed E-state index contributed by atoms with van der Waals surface area (Å²) in [6.07, 6.45) is 43.5. The summed E-state index contributed by atoms with van der Waals surface area (Å²) in [5.74, 6) is -0.374.